The molecule has 0 aliphatic carbocycles. The van der Waals surface area contributed by atoms with Crippen molar-refractivity contribution in [2.75, 3.05) is 29.1 Å². The summed E-state index contributed by atoms with van der Waals surface area (Å²) in [7, 11) is 1.75. The lowest BCUT2D eigenvalue weighted by atomic mass is 10.1. The van der Waals surface area contributed by atoms with E-state index in [1.165, 1.54) is 0 Å². The molecule has 1 aliphatic heterocycles. The van der Waals surface area contributed by atoms with Crippen LogP contribution in [-0.2, 0) is 14.4 Å². The minimum atomic E-state index is -0.508. The summed E-state index contributed by atoms with van der Waals surface area (Å²) in [4.78, 5) is 41.4. The number of amides is 3. The van der Waals surface area contributed by atoms with Crippen molar-refractivity contribution >= 4 is 34.8 Å². The Bertz CT molecular complexity index is 959. The summed E-state index contributed by atoms with van der Waals surface area (Å²) in [5, 5.41) is 5.78. The SMILES string of the molecule is Cc1ccccc1NC(=O)[C@@H](C)N(C)CC(=O)N1c2ccccc2NC(=O)C[C@@H]1C. The maximum atomic E-state index is 13.2. The van der Waals surface area contributed by atoms with E-state index in [0.717, 1.165) is 11.3 Å². The monoisotopic (exact) mass is 408 g/mol. The summed E-state index contributed by atoms with van der Waals surface area (Å²) in [6.07, 6.45) is 0.216. The number of likely N-dealkylation sites (N-methyl/N-ethyl adjacent to an activating group) is 1. The van der Waals surface area contributed by atoms with Crippen LogP contribution in [0.4, 0.5) is 17.1 Å². The van der Waals surface area contributed by atoms with Crippen molar-refractivity contribution in [3.8, 4) is 0 Å². The molecule has 0 unspecified atom stereocenters. The minimum absolute atomic E-state index is 0.0508. The highest BCUT2D eigenvalue weighted by molar-refractivity contribution is 6.05. The number of hydrogen-bond acceptors (Lipinski definition) is 4. The second-order valence-corrected chi connectivity index (χ2v) is 7.78. The number of fused-ring (bicyclic) bond motifs is 1. The van der Waals surface area contributed by atoms with Gasteiger partial charge in [-0.15, -0.1) is 0 Å². The Balaban J connectivity index is 1.72. The number of para-hydroxylation sites is 3. The zero-order chi connectivity index (χ0) is 21.8. The van der Waals surface area contributed by atoms with E-state index in [2.05, 4.69) is 10.6 Å². The maximum Gasteiger partial charge on any atom is 0.241 e. The van der Waals surface area contributed by atoms with Gasteiger partial charge in [0.15, 0.2) is 0 Å². The van der Waals surface area contributed by atoms with Crippen LogP contribution in [0.2, 0.25) is 0 Å². The lowest BCUT2D eigenvalue weighted by Crippen LogP contribution is -2.48. The van der Waals surface area contributed by atoms with Gasteiger partial charge in [0.1, 0.15) is 0 Å². The molecule has 7 heteroatoms. The van der Waals surface area contributed by atoms with Gasteiger partial charge in [-0.2, -0.15) is 0 Å². The molecule has 0 saturated carbocycles. The highest BCUT2D eigenvalue weighted by atomic mass is 16.2. The number of nitrogens with zero attached hydrogens (tertiary/aromatic N) is 2. The van der Waals surface area contributed by atoms with Gasteiger partial charge in [-0.3, -0.25) is 19.3 Å². The molecule has 2 atom stereocenters. The smallest absolute Gasteiger partial charge is 0.241 e. The van der Waals surface area contributed by atoms with Crippen LogP contribution in [-0.4, -0.2) is 48.3 Å². The van der Waals surface area contributed by atoms with Gasteiger partial charge in [-0.05, 0) is 51.6 Å². The third-order valence-electron chi connectivity index (χ3n) is 5.46. The largest absolute Gasteiger partial charge is 0.324 e. The average molecular weight is 409 g/mol. The quantitative estimate of drug-likeness (QED) is 0.797. The lowest BCUT2D eigenvalue weighted by molar-refractivity contribution is -0.123. The van der Waals surface area contributed by atoms with Gasteiger partial charge in [0.25, 0.3) is 0 Å². The van der Waals surface area contributed by atoms with Crippen LogP contribution in [0.25, 0.3) is 0 Å². The van der Waals surface area contributed by atoms with Gasteiger partial charge < -0.3 is 15.5 Å². The molecule has 3 rings (SSSR count). The summed E-state index contributed by atoms with van der Waals surface area (Å²) < 4.78 is 0. The van der Waals surface area contributed by atoms with E-state index in [4.69, 9.17) is 0 Å². The number of benzene rings is 2. The molecule has 0 saturated heterocycles. The molecule has 2 N–H and O–H groups in total. The van der Waals surface area contributed by atoms with Crippen LogP contribution >= 0.6 is 0 Å². The van der Waals surface area contributed by atoms with Gasteiger partial charge in [-0.1, -0.05) is 30.3 Å². The minimum Gasteiger partial charge on any atom is -0.324 e. The Labute approximate surface area is 177 Å². The fraction of sp³-hybridized carbons (Fsp3) is 0.348. The van der Waals surface area contributed by atoms with E-state index in [0.29, 0.717) is 11.4 Å². The van der Waals surface area contributed by atoms with Gasteiger partial charge >= 0.3 is 0 Å². The van der Waals surface area contributed by atoms with Crippen molar-refractivity contribution in [2.24, 2.45) is 0 Å². The van der Waals surface area contributed by atoms with Crippen molar-refractivity contribution in [3.05, 3.63) is 54.1 Å². The molecule has 30 heavy (non-hydrogen) atoms. The molecule has 0 spiro atoms. The zero-order valence-corrected chi connectivity index (χ0v) is 17.8. The third-order valence-corrected chi connectivity index (χ3v) is 5.46. The number of aryl methyl sites for hydroxylation is 1. The zero-order valence-electron chi connectivity index (χ0n) is 17.8. The van der Waals surface area contributed by atoms with E-state index in [1.807, 2.05) is 56.3 Å². The molecule has 158 valence electrons. The van der Waals surface area contributed by atoms with Crippen molar-refractivity contribution in [1.29, 1.82) is 0 Å². The highest BCUT2D eigenvalue weighted by Gasteiger charge is 2.31. The first-order valence-electron chi connectivity index (χ1n) is 10.1. The normalized spacial score (nSPS) is 17.0. The van der Waals surface area contributed by atoms with Crippen LogP contribution < -0.4 is 15.5 Å². The van der Waals surface area contributed by atoms with Crippen LogP contribution in [0.3, 0.4) is 0 Å². The summed E-state index contributed by atoms with van der Waals surface area (Å²) in [6.45, 7) is 5.61. The molecule has 0 bridgehead atoms. The lowest BCUT2D eigenvalue weighted by Gasteiger charge is -2.31. The molecule has 2 aromatic carbocycles. The summed E-state index contributed by atoms with van der Waals surface area (Å²) >= 11 is 0. The molecule has 2 aromatic rings. The molecule has 0 fully saturated rings. The Kier molecular flexibility index (Phi) is 6.52. The molecule has 1 heterocycles. The first kappa shape index (κ1) is 21.5. The first-order chi connectivity index (χ1) is 14.3. The fourth-order valence-electron chi connectivity index (χ4n) is 3.54. The predicted octanol–water partition coefficient (Wildman–Crippen LogP) is 3.02. The number of nitrogens with one attached hydrogen (secondary N) is 2. The number of hydrogen-bond donors (Lipinski definition) is 2. The number of carbonyl (C=O) groups excluding carboxylic acids is 3. The molecular formula is C23H28N4O3. The maximum absolute atomic E-state index is 13.2. The predicted molar refractivity (Wildman–Crippen MR) is 119 cm³/mol. The van der Waals surface area contributed by atoms with Gasteiger partial charge in [0.05, 0.1) is 24.0 Å². The fourth-order valence-corrected chi connectivity index (χ4v) is 3.54. The van der Waals surface area contributed by atoms with Crippen molar-refractivity contribution in [1.82, 2.24) is 4.90 Å². The van der Waals surface area contributed by atoms with Crippen LogP contribution in [0.5, 0.6) is 0 Å². The molecule has 0 aromatic heterocycles. The summed E-state index contributed by atoms with van der Waals surface area (Å²) in [6, 6.07) is 14.0. The topological polar surface area (TPSA) is 81.8 Å². The molecule has 3 amide bonds. The van der Waals surface area contributed by atoms with Crippen LogP contribution in [0.15, 0.2) is 48.5 Å². The van der Waals surface area contributed by atoms with Crippen LogP contribution in [0.1, 0.15) is 25.8 Å². The molecule has 0 radical (unpaired) electrons. The second-order valence-electron chi connectivity index (χ2n) is 7.78. The first-order valence-corrected chi connectivity index (χ1v) is 10.1. The van der Waals surface area contributed by atoms with Crippen molar-refractivity contribution in [3.63, 3.8) is 0 Å². The number of carbonyl (C=O) groups is 3. The standard InChI is InChI=1S/C23H28N4O3/c1-15-9-5-6-10-18(15)25-23(30)17(3)26(4)14-22(29)27-16(2)13-21(28)24-19-11-7-8-12-20(19)27/h5-12,16-17H,13-14H2,1-4H3,(H,24,28)(H,25,30)/t16-,17+/m0/s1. The molecule has 1 aliphatic rings. The second kappa shape index (κ2) is 9.09. The molecule has 7 nitrogen and oxygen atoms in total. The summed E-state index contributed by atoms with van der Waals surface area (Å²) in [5.41, 5.74) is 3.03. The highest BCUT2D eigenvalue weighted by Crippen LogP contribution is 2.31. The van der Waals surface area contributed by atoms with E-state index in [9.17, 15) is 14.4 Å². The van der Waals surface area contributed by atoms with Gasteiger partial charge in [0.2, 0.25) is 17.7 Å². The average Bonchev–Trinajstić information content (AvgIpc) is 2.83. The van der Waals surface area contributed by atoms with Crippen molar-refractivity contribution in [2.45, 2.75) is 39.3 Å². The van der Waals surface area contributed by atoms with Crippen LogP contribution in [0, 0.1) is 6.92 Å². The van der Waals surface area contributed by atoms with Crippen molar-refractivity contribution < 1.29 is 14.4 Å². The van der Waals surface area contributed by atoms with E-state index >= 15 is 0 Å². The summed E-state index contributed by atoms with van der Waals surface area (Å²) in [5.74, 6) is -0.463. The molecular weight excluding hydrogens is 380 g/mol. The van der Waals surface area contributed by atoms with Gasteiger partial charge in [0, 0.05) is 18.2 Å². The van der Waals surface area contributed by atoms with Gasteiger partial charge in [-0.25, -0.2) is 0 Å². The van der Waals surface area contributed by atoms with E-state index in [-0.39, 0.29) is 36.7 Å². The Hall–Kier alpha value is -3.19. The van der Waals surface area contributed by atoms with E-state index < -0.39 is 6.04 Å². The Morgan fingerprint density at radius 1 is 1.20 bits per heavy atom. The van der Waals surface area contributed by atoms with E-state index in [1.54, 1.807) is 29.8 Å². The Morgan fingerprint density at radius 3 is 2.60 bits per heavy atom. The third kappa shape index (κ3) is 4.68. The number of anilines is 3. The Morgan fingerprint density at radius 2 is 1.87 bits per heavy atom. The number of rotatable bonds is 5.